The van der Waals surface area contributed by atoms with Crippen LogP contribution in [0.5, 0.6) is 5.88 Å². The van der Waals surface area contributed by atoms with E-state index in [1.165, 1.54) is 0 Å². The Labute approximate surface area is 117 Å². The number of carbonyl (C=O) groups excluding carboxylic acids is 1. The highest BCUT2D eigenvalue weighted by atomic mass is 16.5. The minimum absolute atomic E-state index is 0.00371. The molecule has 7 heteroatoms. The fraction of sp³-hybridized carbons (Fsp3) is 0.462. The summed E-state index contributed by atoms with van der Waals surface area (Å²) in [4.78, 5) is 20.2. The van der Waals surface area contributed by atoms with E-state index in [0.717, 1.165) is 6.42 Å². The lowest BCUT2D eigenvalue weighted by Gasteiger charge is -2.07. The Hall–Kier alpha value is -2.31. The van der Waals surface area contributed by atoms with Gasteiger partial charge in [0.25, 0.3) is 0 Å². The number of nitrogens with zero attached hydrogens (tertiary/aromatic N) is 3. The summed E-state index contributed by atoms with van der Waals surface area (Å²) >= 11 is 0. The Morgan fingerprint density at radius 2 is 2.25 bits per heavy atom. The molecule has 2 rings (SSSR count). The lowest BCUT2D eigenvalue weighted by Crippen LogP contribution is -2.25. The molecule has 0 aromatic carbocycles. The van der Waals surface area contributed by atoms with E-state index in [1.807, 2.05) is 6.92 Å². The average molecular weight is 277 g/mol. The largest absolute Gasteiger partial charge is 0.481 e. The van der Waals surface area contributed by atoms with Crippen molar-refractivity contribution in [3.63, 3.8) is 0 Å². The van der Waals surface area contributed by atoms with Crippen LogP contribution in [0.25, 0.3) is 11.2 Å². The predicted molar refractivity (Wildman–Crippen MR) is 76.4 cm³/mol. The van der Waals surface area contributed by atoms with Crippen LogP contribution < -0.4 is 15.8 Å². The van der Waals surface area contributed by atoms with E-state index in [0.29, 0.717) is 42.5 Å². The van der Waals surface area contributed by atoms with E-state index in [4.69, 9.17) is 10.5 Å². The van der Waals surface area contributed by atoms with Gasteiger partial charge in [-0.2, -0.15) is 4.98 Å². The van der Waals surface area contributed by atoms with E-state index in [9.17, 15) is 4.79 Å². The molecule has 0 aliphatic carbocycles. The monoisotopic (exact) mass is 277 g/mol. The van der Waals surface area contributed by atoms with Crippen LogP contribution in [-0.2, 0) is 11.3 Å². The minimum Gasteiger partial charge on any atom is -0.481 e. The quantitative estimate of drug-likeness (QED) is 0.819. The van der Waals surface area contributed by atoms with Crippen LogP contribution in [0.2, 0.25) is 0 Å². The molecule has 20 heavy (non-hydrogen) atoms. The summed E-state index contributed by atoms with van der Waals surface area (Å²) in [5.74, 6) is 0.842. The Morgan fingerprint density at radius 1 is 1.45 bits per heavy atom. The number of nitrogens with two attached hydrogens (primary N) is 1. The number of fused-ring (bicyclic) bond motifs is 1. The number of pyridine rings is 1. The molecule has 108 valence electrons. The number of imidazole rings is 1. The molecule has 1 amide bonds. The molecule has 0 spiro atoms. The zero-order valence-electron chi connectivity index (χ0n) is 11.7. The number of aryl methyl sites for hydroxylation is 1. The van der Waals surface area contributed by atoms with Crippen molar-refractivity contribution in [2.24, 2.45) is 0 Å². The lowest BCUT2D eigenvalue weighted by atomic mass is 10.3. The van der Waals surface area contributed by atoms with Gasteiger partial charge in [0.1, 0.15) is 5.52 Å². The zero-order valence-corrected chi connectivity index (χ0v) is 11.7. The summed E-state index contributed by atoms with van der Waals surface area (Å²) in [6, 6.07) is 3.53. The SMILES string of the molecule is CCCNC(=O)CCn1c(N)nc2ccc(OC)nc21. The first-order valence-corrected chi connectivity index (χ1v) is 6.59. The number of carbonyl (C=O) groups is 1. The van der Waals surface area contributed by atoms with Crippen LogP contribution >= 0.6 is 0 Å². The summed E-state index contributed by atoms with van der Waals surface area (Å²) in [5.41, 5.74) is 7.19. The van der Waals surface area contributed by atoms with Crippen LogP contribution in [0.1, 0.15) is 19.8 Å². The Bertz CT molecular complexity index is 608. The molecule has 7 nitrogen and oxygen atoms in total. The van der Waals surface area contributed by atoms with Gasteiger partial charge < -0.3 is 15.8 Å². The molecule has 0 saturated carbocycles. The van der Waals surface area contributed by atoms with E-state index < -0.39 is 0 Å². The molecule has 0 aliphatic heterocycles. The topological polar surface area (TPSA) is 95.1 Å². The van der Waals surface area contributed by atoms with E-state index in [2.05, 4.69) is 15.3 Å². The Balaban J connectivity index is 2.16. The maximum Gasteiger partial charge on any atom is 0.221 e. The molecular formula is C13H19N5O2. The number of ether oxygens (including phenoxy) is 1. The zero-order chi connectivity index (χ0) is 14.5. The van der Waals surface area contributed by atoms with Crippen molar-refractivity contribution in [3.05, 3.63) is 12.1 Å². The molecule has 2 aromatic heterocycles. The summed E-state index contributed by atoms with van der Waals surface area (Å²) in [5, 5.41) is 2.83. The second-order valence-corrected chi connectivity index (χ2v) is 4.42. The second kappa shape index (κ2) is 6.23. The van der Waals surface area contributed by atoms with Gasteiger partial charge in [0, 0.05) is 25.6 Å². The number of anilines is 1. The normalized spacial score (nSPS) is 10.7. The van der Waals surface area contributed by atoms with Gasteiger partial charge in [0.05, 0.1) is 7.11 Å². The highest BCUT2D eigenvalue weighted by molar-refractivity contribution is 5.77. The van der Waals surface area contributed by atoms with Gasteiger partial charge in [-0.15, -0.1) is 0 Å². The fourth-order valence-electron chi connectivity index (χ4n) is 1.90. The van der Waals surface area contributed by atoms with E-state index in [1.54, 1.807) is 23.8 Å². The predicted octanol–water partition coefficient (Wildman–Crippen LogP) is 0.938. The standard InChI is InChI=1S/C13H19N5O2/c1-3-7-15-10(19)6-8-18-12-9(16-13(18)14)4-5-11(17-12)20-2/h4-5H,3,6-8H2,1-2H3,(H2,14,16)(H,15,19). The summed E-state index contributed by atoms with van der Waals surface area (Å²) in [6.07, 6.45) is 1.26. The van der Waals surface area contributed by atoms with Crippen molar-refractivity contribution >= 4 is 23.0 Å². The molecule has 0 unspecified atom stereocenters. The number of hydrogen-bond donors (Lipinski definition) is 2. The first-order chi connectivity index (χ1) is 9.65. The Morgan fingerprint density at radius 3 is 2.95 bits per heavy atom. The molecule has 0 saturated heterocycles. The van der Waals surface area contributed by atoms with Crippen LogP contribution in [0.4, 0.5) is 5.95 Å². The molecule has 2 aromatic rings. The van der Waals surface area contributed by atoms with Gasteiger partial charge in [-0.1, -0.05) is 6.92 Å². The molecule has 0 bridgehead atoms. The third kappa shape index (κ3) is 2.98. The molecule has 0 fully saturated rings. The lowest BCUT2D eigenvalue weighted by molar-refractivity contribution is -0.121. The number of methoxy groups -OCH3 is 1. The molecule has 0 radical (unpaired) electrons. The number of rotatable bonds is 6. The smallest absolute Gasteiger partial charge is 0.221 e. The first kappa shape index (κ1) is 14.1. The van der Waals surface area contributed by atoms with Gasteiger partial charge in [-0.25, -0.2) is 4.98 Å². The Kier molecular flexibility index (Phi) is 4.39. The maximum absolute atomic E-state index is 11.6. The highest BCUT2D eigenvalue weighted by Crippen LogP contribution is 2.19. The molecule has 0 atom stereocenters. The van der Waals surface area contributed by atoms with Gasteiger partial charge in [0.15, 0.2) is 5.65 Å². The number of hydrogen-bond acceptors (Lipinski definition) is 5. The van der Waals surface area contributed by atoms with Gasteiger partial charge in [-0.05, 0) is 12.5 Å². The van der Waals surface area contributed by atoms with Crippen LogP contribution in [0.15, 0.2) is 12.1 Å². The second-order valence-electron chi connectivity index (χ2n) is 4.42. The van der Waals surface area contributed by atoms with Crippen molar-refractivity contribution in [2.75, 3.05) is 19.4 Å². The van der Waals surface area contributed by atoms with Crippen molar-refractivity contribution in [1.82, 2.24) is 19.9 Å². The molecular weight excluding hydrogens is 258 g/mol. The minimum atomic E-state index is -0.00371. The number of amides is 1. The number of nitrogen functional groups attached to an aromatic ring is 1. The number of nitrogens with one attached hydrogen (secondary N) is 1. The molecule has 3 N–H and O–H groups in total. The van der Waals surface area contributed by atoms with Crippen molar-refractivity contribution < 1.29 is 9.53 Å². The first-order valence-electron chi connectivity index (χ1n) is 6.59. The molecule has 0 aliphatic rings. The maximum atomic E-state index is 11.6. The summed E-state index contributed by atoms with van der Waals surface area (Å²) < 4.78 is 6.82. The van der Waals surface area contributed by atoms with Crippen LogP contribution in [0.3, 0.4) is 0 Å². The fourth-order valence-corrected chi connectivity index (χ4v) is 1.90. The van der Waals surface area contributed by atoms with Crippen molar-refractivity contribution in [3.8, 4) is 5.88 Å². The third-order valence-corrected chi connectivity index (χ3v) is 2.94. The summed E-state index contributed by atoms with van der Waals surface area (Å²) in [7, 11) is 1.55. The average Bonchev–Trinajstić information content (AvgIpc) is 2.77. The van der Waals surface area contributed by atoms with Gasteiger partial charge in [-0.3, -0.25) is 9.36 Å². The summed E-state index contributed by atoms with van der Waals surface area (Å²) in [6.45, 7) is 3.14. The van der Waals surface area contributed by atoms with Crippen molar-refractivity contribution in [2.45, 2.75) is 26.3 Å². The van der Waals surface area contributed by atoms with Gasteiger partial charge >= 0.3 is 0 Å². The molecule has 2 heterocycles. The number of aromatic nitrogens is 3. The van der Waals surface area contributed by atoms with Gasteiger partial charge in [0.2, 0.25) is 17.7 Å². The van der Waals surface area contributed by atoms with E-state index in [-0.39, 0.29) is 5.91 Å². The van der Waals surface area contributed by atoms with Crippen LogP contribution in [-0.4, -0.2) is 34.1 Å². The van der Waals surface area contributed by atoms with Crippen LogP contribution in [0, 0.1) is 0 Å². The van der Waals surface area contributed by atoms with E-state index >= 15 is 0 Å². The third-order valence-electron chi connectivity index (χ3n) is 2.94. The van der Waals surface area contributed by atoms with Crippen molar-refractivity contribution in [1.29, 1.82) is 0 Å². The highest BCUT2D eigenvalue weighted by Gasteiger charge is 2.12.